The Labute approximate surface area is 152 Å². The largest absolute Gasteiger partial charge is 0.481 e. The normalized spacial score (nSPS) is 12.3. The molecule has 5 N–H and O–H groups in total. The topological polar surface area (TPSA) is 136 Å². The van der Waals surface area contributed by atoms with E-state index in [1.165, 1.54) is 11.5 Å². The molecule has 0 spiro atoms. The van der Waals surface area contributed by atoms with Crippen LogP contribution in [0.2, 0.25) is 0 Å². The predicted molar refractivity (Wildman–Crippen MR) is 94.5 cm³/mol. The monoisotopic (exact) mass is 366 g/mol. The zero-order chi connectivity index (χ0) is 19.9. The lowest BCUT2D eigenvalue weighted by Gasteiger charge is -2.21. The third-order valence-electron chi connectivity index (χ3n) is 4.05. The van der Waals surface area contributed by atoms with Crippen molar-refractivity contribution in [2.24, 2.45) is 5.92 Å². The third-order valence-corrected chi connectivity index (χ3v) is 4.05. The second-order valence-corrected chi connectivity index (χ2v) is 7.22. The first kappa shape index (κ1) is 21.4. The summed E-state index contributed by atoms with van der Waals surface area (Å²) in [6, 6.07) is 4.21. The summed E-state index contributed by atoms with van der Waals surface area (Å²) in [5.41, 5.74) is 2.79. The van der Waals surface area contributed by atoms with Crippen LogP contribution in [0.5, 0.6) is 0 Å². The molecule has 1 aromatic carbocycles. The molecule has 0 heterocycles. The maximum absolute atomic E-state index is 11.5. The van der Waals surface area contributed by atoms with Crippen LogP contribution in [0, 0.1) is 5.92 Å². The number of urea groups is 1. The van der Waals surface area contributed by atoms with Crippen LogP contribution >= 0.6 is 0 Å². The lowest BCUT2D eigenvalue weighted by Crippen LogP contribution is -2.34. The first-order chi connectivity index (χ1) is 12.0. The average Bonchev–Trinajstić information content (AvgIpc) is 2.55. The molecule has 1 aromatic rings. The Morgan fingerprint density at radius 3 is 2.27 bits per heavy atom. The summed E-state index contributed by atoms with van der Waals surface area (Å²) >= 11 is 0. The molecule has 0 bridgehead atoms. The Bertz CT molecular complexity index is 666. The van der Waals surface area contributed by atoms with E-state index >= 15 is 0 Å². The number of hydrogen-bond donors (Lipinski definition) is 5. The van der Waals surface area contributed by atoms with Gasteiger partial charge in [-0.3, -0.25) is 10.0 Å². The number of aromatic carboxylic acids is 1. The highest BCUT2D eigenvalue weighted by atomic mass is 16.5. The number of carboxylic acids is 2. The molecule has 0 aliphatic heterocycles. The maximum atomic E-state index is 11.5. The summed E-state index contributed by atoms with van der Waals surface area (Å²) < 4.78 is 0. The van der Waals surface area contributed by atoms with Crippen LogP contribution in [0.4, 0.5) is 4.79 Å². The molecule has 0 aliphatic carbocycles. The van der Waals surface area contributed by atoms with E-state index in [-0.39, 0.29) is 23.9 Å². The Hall–Kier alpha value is -2.61. The molecule has 2 amide bonds. The number of benzene rings is 1. The van der Waals surface area contributed by atoms with Gasteiger partial charge in [0.1, 0.15) is 0 Å². The van der Waals surface area contributed by atoms with Gasteiger partial charge in [0.05, 0.1) is 11.5 Å². The maximum Gasteiger partial charge on any atom is 0.338 e. The van der Waals surface area contributed by atoms with E-state index in [0.717, 1.165) is 5.56 Å². The second-order valence-electron chi connectivity index (χ2n) is 7.22. The van der Waals surface area contributed by atoms with Crippen molar-refractivity contribution in [2.45, 2.75) is 45.4 Å². The summed E-state index contributed by atoms with van der Waals surface area (Å²) in [4.78, 5) is 33.8. The van der Waals surface area contributed by atoms with E-state index in [1.54, 1.807) is 6.07 Å². The third kappa shape index (κ3) is 6.72. The van der Waals surface area contributed by atoms with E-state index in [4.69, 9.17) is 5.21 Å². The fraction of sp³-hybridized carbons (Fsp3) is 0.500. The number of nitrogens with one attached hydrogen (secondary N) is 2. The molecule has 8 nitrogen and oxygen atoms in total. The Morgan fingerprint density at radius 1 is 1.12 bits per heavy atom. The summed E-state index contributed by atoms with van der Waals surface area (Å²) in [7, 11) is 0. The van der Waals surface area contributed by atoms with Crippen LogP contribution in [0.1, 0.15) is 55.1 Å². The Kier molecular flexibility index (Phi) is 7.57. The molecule has 0 aliphatic rings. The van der Waals surface area contributed by atoms with Gasteiger partial charge >= 0.3 is 18.0 Å². The quantitative estimate of drug-likeness (QED) is 0.272. The zero-order valence-electron chi connectivity index (χ0n) is 15.2. The molecule has 0 saturated heterocycles. The highest BCUT2D eigenvalue weighted by Crippen LogP contribution is 2.26. The minimum absolute atomic E-state index is 0.137. The number of rotatable bonds is 8. The van der Waals surface area contributed by atoms with Crippen LogP contribution in [-0.2, 0) is 16.6 Å². The van der Waals surface area contributed by atoms with Gasteiger partial charge in [-0.2, -0.15) is 0 Å². The summed E-state index contributed by atoms with van der Waals surface area (Å²) in [5, 5.41) is 29.5. The Balaban J connectivity index is 2.90. The lowest BCUT2D eigenvalue weighted by atomic mass is 9.83. The van der Waals surface area contributed by atoms with Gasteiger partial charge in [0.2, 0.25) is 0 Å². The minimum Gasteiger partial charge on any atom is -0.481 e. The molecule has 0 fully saturated rings. The van der Waals surface area contributed by atoms with Gasteiger partial charge in [-0.25, -0.2) is 15.1 Å². The molecule has 144 valence electrons. The van der Waals surface area contributed by atoms with E-state index in [0.29, 0.717) is 18.4 Å². The zero-order valence-corrected chi connectivity index (χ0v) is 15.2. The van der Waals surface area contributed by atoms with Gasteiger partial charge < -0.3 is 15.5 Å². The first-order valence-electron chi connectivity index (χ1n) is 8.33. The van der Waals surface area contributed by atoms with Crippen LogP contribution in [-0.4, -0.2) is 39.9 Å². The minimum atomic E-state index is -1.05. The summed E-state index contributed by atoms with van der Waals surface area (Å²) in [6.07, 6.45) is 0.921. The van der Waals surface area contributed by atoms with Crippen LogP contribution in [0.3, 0.4) is 0 Å². The van der Waals surface area contributed by atoms with Gasteiger partial charge in [0, 0.05) is 6.54 Å². The summed E-state index contributed by atoms with van der Waals surface area (Å²) in [5.74, 6) is -2.73. The molecule has 1 unspecified atom stereocenters. The van der Waals surface area contributed by atoms with Gasteiger partial charge in [-0.05, 0) is 47.9 Å². The lowest BCUT2D eigenvalue weighted by molar-refractivity contribution is -0.141. The van der Waals surface area contributed by atoms with Crippen molar-refractivity contribution >= 4 is 18.0 Å². The number of hydrogen-bond acceptors (Lipinski definition) is 4. The second kappa shape index (κ2) is 9.19. The van der Waals surface area contributed by atoms with E-state index in [2.05, 4.69) is 5.32 Å². The van der Waals surface area contributed by atoms with Crippen molar-refractivity contribution in [3.63, 3.8) is 0 Å². The van der Waals surface area contributed by atoms with E-state index in [9.17, 15) is 24.6 Å². The molecular weight excluding hydrogens is 340 g/mol. The standard InChI is InChI=1S/C18H26N2O6/c1-18(2,3)14-9-11(8-13(10-14)16(23)24)7-12(15(21)22)5-4-6-19-17(25)20-26/h8-10,12,26H,4-7H2,1-3H3,(H,21,22)(H,23,24)(H2,19,20,25). The van der Waals surface area contributed by atoms with Crippen molar-refractivity contribution < 1.29 is 29.8 Å². The molecule has 0 radical (unpaired) electrons. The smallest absolute Gasteiger partial charge is 0.338 e. The van der Waals surface area contributed by atoms with Gasteiger partial charge in [0.15, 0.2) is 0 Å². The van der Waals surface area contributed by atoms with Crippen molar-refractivity contribution in [3.05, 3.63) is 34.9 Å². The van der Waals surface area contributed by atoms with E-state index in [1.807, 2.05) is 26.8 Å². The van der Waals surface area contributed by atoms with Crippen molar-refractivity contribution in [1.82, 2.24) is 10.8 Å². The highest BCUT2D eigenvalue weighted by Gasteiger charge is 2.21. The predicted octanol–water partition coefficient (Wildman–Crippen LogP) is 2.39. The number of aliphatic carboxylic acids is 1. The Morgan fingerprint density at radius 2 is 1.77 bits per heavy atom. The molecule has 8 heteroatoms. The summed E-state index contributed by atoms with van der Waals surface area (Å²) in [6.45, 7) is 6.11. The average molecular weight is 366 g/mol. The van der Waals surface area contributed by atoms with Gasteiger partial charge in [-0.15, -0.1) is 0 Å². The fourth-order valence-corrected chi connectivity index (χ4v) is 2.55. The molecule has 26 heavy (non-hydrogen) atoms. The molecule has 1 atom stereocenters. The SMILES string of the molecule is CC(C)(C)c1cc(CC(CCCNC(=O)NO)C(=O)O)cc(C(=O)O)c1. The van der Waals surface area contributed by atoms with Crippen molar-refractivity contribution in [2.75, 3.05) is 6.54 Å². The van der Waals surface area contributed by atoms with E-state index < -0.39 is 23.9 Å². The highest BCUT2D eigenvalue weighted by molar-refractivity contribution is 5.88. The number of amides is 2. The number of carboxylic acid groups (broad SMARTS) is 2. The molecule has 0 saturated carbocycles. The van der Waals surface area contributed by atoms with Gasteiger partial charge in [-0.1, -0.05) is 26.8 Å². The number of hydroxylamine groups is 1. The molecular formula is C18H26N2O6. The number of carbonyl (C=O) groups is 3. The van der Waals surface area contributed by atoms with Crippen LogP contribution in [0.15, 0.2) is 18.2 Å². The molecule has 1 rings (SSSR count). The van der Waals surface area contributed by atoms with Crippen LogP contribution < -0.4 is 10.8 Å². The number of carbonyl (C=O) groups excluding carboxylic acids is 1. The molecule has 0 aromatic heterocycles. The first-order valence-corrected chi connectivity index (χ1v) is 8.33. The van der Waals surface area contributed by atoms with Crippen molar-refractivity contribution in [3.8, 4) is 0 Å². The van der Waals surface area contributed by atoms with Gasteiger partial charge in [0.25, 0.3) is 0 Å². The van der Waals surface area contributed by atoms with Crippen molar-refractivity contribution in [1.29, 1.82) is 0 Å². The fourth-order valence-electron chi connectivity index (χ4n) is 2.55. The van der Waals surface area contributed by atoms with Crippen LogP contribution in [0.25, 0.3) is 0 Å².